The molecule has 2 unspecified atom stereocenters. The molecule has 1 fully saturated rings. The zero-order chi connectivity index (χ0) is 13.0. The van der Waals surface area contributed by atoms with Gasteiger partial charge in [0.15, 0.2) is 11.5 Å². The molecule has 1 aromatic carbocycles. The predicted octanol–water partition coefficient (Wildman–Crippen LogP) is 2.91. The van der Waals surface area contributed by atoms with Crippen molar-refractivity contribution in [3.63, 3.8) is 0 Å². The molecule has 0 amide bonds. The predicted molar refractivity (Wildman–Crippen MR) is 73.5 cm³/mol. The highest BCUT2D eigenvalue weighted by molar-refractivity contribution is 5.42. The van der Waals surface area contributed by atoms with Crippen molar-refractivity contribution in [1.82, 2.24) is 5.32 Å². The number of methoxy groups -OCH3 is 1. The summed E-state index contributed by atoms with van der Waals surface area (Å²) < 4.78 is 11.4. The molecule has 100 valence electrons. The number of hydrogen-bond acceptors (Lipinski definition) is 3. The lowest BCUT2D eigenvalue weighted by molar-refractivity contribution is 0.197. The van der Waals surface area contributed by atoms with E-state index >= 15 is 0 Å². The molecule has 1 saturated carbocycles. The summed E-state index contributed by atoms with van der Waals surface area (Å²) in [5.74, 6) is 1.70. The van der Waals surface area contributed by atoms with Crippen LogP contribution in [0.4, 0.5) is 0 Å². The number of aryl methyl sites for hydroxylation is 1. The van der Waals surface area contributed by atoms with Gasteiger partial charge in [-0.25, -0.2) is 0 Å². The van der Waals surface area contributed by atoms with Gasteiger partial charge in [-0.2, -0.15) is 0 Å². The first-order valence-electron chi connectivity index (χ1n) is 6.77. The van der Waals surface area contributed by atoms with Crippen LogP contribution >= 0.6 is 0 Å². The van der Waals surface area contributed by atoms with Crippen LogP contribution in [-0.4, -0.2) is 25.8 Å². The van der Waals surface area contributed by atoms with Gasteiger partial charge in [0.25, 0.3) is 0 Å². The highest BCUT2D eigenvalue weighted by Crippen LogP contribution is 2.32. The van der Waals surface area contributed by atoms with Crippen LogP contribution in [-0.2, 0) is 0 Å². The summed E-state index contributed by atoms with van der Waals surface area (Å²) >= 11 is 0. The van der Waals surface area contributed by atoms with Gasteiger partial charge in [0.1, 0.15) is 6.10 Å². The Balaban J connectivity index is 1.98. The molecule has 2 rings (SSSR count). The summed E-state index contributed by atoms with van der Waals surface area (Å²) in [5, 5.41) is 3.49. The third kappa shape index (κ3) is 3.16. The monoisotopic (exact) mass is 249 g/mol. The van der Waals surface area contributed by atoms with Crippen LogP contribution in [0.15, 0.2) is 18.2 Å². The molecule has 0 aliphatic heterocycles. The van der Waals surface area contributed by atoms with Gasteiger partial charge < -0.3 is 14.8 Å². The summed E-state index contributed by atoms with van der Waals surface area (Å²) in [6, 6.07) is 6.70. The van der Waals surface area contributed by atoms with E-state index in [0.717, 1.165) is 30.9 Å². The fraction of sp³-hybridized carbons (Fsp3) is 0.600. The first-order chi connectivity index (χ1) is 8.72. The van der Waals surface area contributed by atoms with E-state index < -0.39 is 0 Å². The summed E-state index contributed by atoms with van der Waals surface area (Å²) in [6.07, 6.45) is 3.72. The molecule has 1 aromatic rings. The van der Waals surface area contributed by atoms with Gasteiger partial charge in [0, 0.05) is 6.04 Å². The minimum atomic E-state index is 0.311. The minimum Gasteiger partial charge on any atom is -0.493 e. The van der Waals surface area contributed by atoms with E-state index in [9.17, 15) is 0 Å². The Morgan fingerprint density at radius 3 is 2.83 bits per heavy atom. The second-order valence-electron chi connectivity index (χ2n) is 4.96. The SMILES string of the molecule is CCNC1CCC(Oc2ccc(C)cc2OC)C1. The van der Waals surface area contributed by atoms with E-state index in [-0.39, 0.29) is 0 Å². The zero-order valence-corrected chi connectivity index (χ0v) is 11.5. The van der Waals surface area contributed by atoms with Crippen LogP contribution in [0, 0.1) is 6.92 Å². The number of rotatable bonds is 5. The van der Waals surface area contributed by atoms with Crippen LogP contribution in [0.3, 0.4) is 0 Å². The van der Waals surface area contributed by atoms with Crippen LogP contribution in [0.5, 0.6) is 11.5 Å². The van der Waals surface area contributed by atoms with Gasteiger partial charge in [-0.15, -0.1) is 0 Å². The molecule has 0 aromatic heterocycles. The molecule has 18 heavy (non-hydrogen) atoms. The van der Waals surface area contributed by atoms with Crippen molar-refractivity contribution in [3.8, 4) is 11.5 Å². The Bertz CT molecular complexity index is 392. The Labute approximate surface area is 109 Å². The smallest absolute Gasteiger partial charge is 0.161 e. The maximum absolute atomic E-state index is 6.06. The Morgan fingerprint density at radius 2 is 2.11 bits per heavy atom. The summed E-state index contributed by atoms with van der Waals surface area (Å²) in [5.41, 5.74) is 1.19. The van der Waals surface area contributed by atoms with Crippen molar-refractivity contribution < 1.29 is 9.47 Å². The van der Waals surface area contributed by atoms with Crippen molar-refractivity contribution in [3.05, 3.63) is 23.8 Å². The standard InChI is InChI=1S/C15H23NO2/c1-4-16-12-6-7-13(10-12)18-14-8-5-11(2)9-15(14)17-3/h5,8-9,12-13,16H,4,6-7,10H2,1-3H3. The Kier molecular flexibility index (Phi) is 4.48. The van der Waals surface area contributed by atoms with Crippen molar-refractivity contribution in [1.29, 1.82) is 0 Å². The fourth-order valence-electron chi connectivity index (χ4n) is 2.57. The third-order valence-corrected chi connectivity index (χ3v) is 3.49. The highest BCUT2D eigenvalue weighted by atomic mass is 16.5. The van der Waals surface area contributed by atoms with Crippen molar-refractivity contribution in [2.45, 2.75) is 45.3 Å². The second kappa shape index (κ2) is 6.10. The Morgan fingerprint density at radius 1 is 1.28 bits per heavy atom. The van der Waals surface area contributed by atoms with Crippen molar-refractivity contribution in [2.75, 3.05) is 13.7 Å². The van der Waals surface area contributed by atoms with Crippen LogP contribution in [0.25, 0.3) is 0 Å². The maximum atomic E-state index is 6.06. The number of nitrogens with one attached hydrogen (secondary N) is 1. The highest BCUT2D eigenvalue weighted by Gasteiger charge is 2.26. The minimum absolute atomic E-state index is 0.311. The second-order valence-corrected chi connectivity index (χ2v) is 4.96. The molecule has 1 N–H and O–H groups in total. The van der Waals surface area contributed by atoms with Gasteiger partial charge in [-0.1, -0.05) is 13.0 Å². The molecule has 0 radical (unpaired) electrons. The quantitative estimate of drug-likeness (QED) is 0.870. The van der Waals surface area contributed by atoms with Crippen molar-refractivity contribution >= 4 is 0 Å². The molecule has 0 spiro atoms. The molecule has 3 heteroatoms. The molecule has 1 aliphatic rings. The van der Waals surface area contributed by atoms with E-state index in [0.29, 0.717) is 12.1 Å². The zero-order valence-electron chi connectivity index (χ0n) is 11.5. The number of ether oxygens (including phenoxy) is 2. The Hall–Kier alpha value is -1.22. The largest absolute Gasteiger partial charge is 0.493 e. The molecular weight excluding hydrogens is 226 g/mol. The summed E-state index contributed by atoms with van der Waals surface area (Å²) in [7, 11) is 1.69. The normalized spacial score (nSPS) is 23.1. The number of benzene rings is 1. The van der Waals surface area contributed by atoms with Crippen molar-refractivity contribution in [2.24, 2.45) is 0 Å². The first-order valence-corrected chi connectivity index (χ1v) is 6.77. The van der Waals surface area contributed by atoms with Crippen LogP contribution in [0.1, 0.15) is 31.7 Å². The molecule has 0 bridgehead atoms. The molecule has 3 nitrogen and oxygen atoms in total. The van der Waals surface area contributed by atoms with E-state index in [4.69, 9.17) is 9.47 Å². The number of hydrogen-bond donors (Lipinski definition) is 1. The average molecular weight is 249 g/mol. The van der Waals surface area contributed by atoms with E-state index in [1.165, 1.54) is 12.0 Å². The van der Waals surface area contributed by atoms with Crippen LogP contribution < -0.4 is 14.8 Å². The molecule has 2 atom stereocenters. The molecule has 1 aliphatic carbocycles. The molecule has 0 saturated heterocycles. The lowest BCUT2D eigenvalue weighted by Crippen LogP contribution is -2.27. The van der Waals surface area contributed by atoms with Gasteiger partial charge >= 0.3 is 0 Å². The topological polar surface area (TPSA) is 30.5 Å². The lowest BCUT2D eigenvalue weighted by atomic mass is 10.2. The molecular formula is C15H23NO2. The maximum Gasteiger partial charge on any atom is 0.161 e. The van der Waals surface area contributed by atoms with Crippen LogP contribution in [0.2, 0.25) is 0 Å². The van der Waals surface area contributed by atoms with E-state index in [1.54, 1.807) is 7.11 Å². The van der Waals surface area contributed by atoms with Gasteiger partial charge in [0.2, 0.25) is 0 Å². The van der Waals surface area contributed by atoms with Gasteiger partial charge in [-0.3, -0.25) is 0 Å². The average Bonchev–Trinajstić information content (AvgIpc) is 2.79. The molecule has 0 heterocycles. The lowest BCUT2D eigenvalue weighted by Gasteiger charge is -2.17. The fourth-order valence-corrected chi connectivity index (χ4v) is 2.57. The van der Waals surface area contributed by atoms with Gasteiger partial charge in [-0.05, 0) is 50.4 Å². The summed E-state index contributed by atoms with van der Waals surface area (Å²) in [6.45, 7) is 5.24. The van der Waals surface area contributed by atoms with E-state index in [2.05, 4.69) is 25.2 Å². The van der Waals surface area contributed by atoms with E-state index in [1.807, 2.05) is 12.1 Å². The first kappa shape index (κ1) is 13.2. The van der Waals surface area contributed by atoms with Gasteiger partial charge in [0.05, 0.1) is 7.11 Å². The third-order valence-electron chi connectivity index (χ3n) is 3.49. The summed E-state index contributed by atoms with van der Waals surface area (Å²) in [4.78, 5) is 0.